The first-order chi connectivity index (χ1) is 21.2. The highest BCUT2D eigenvalue weighted by Gasteiger charge is 2.20. The summed E-state index contributed by atoms with van der Waals surface area (Å²) < 4.78 is 5.46. The van der Waals surface area contributed by atoms with E-state index in [4.69, 9.17) is 27.9 Å². The van der Waals surface area contributed by atoms with Gasteiger partial charge in [0.05, 0.1) is 11.9 Å². The third-order valence-corrected chi connectivity index (χ3v) is 8.18. The van der Waals surface area contributed by atoms with Crippen LogP contribution in [0.2, 0.25) is 10.0 Å². The Hall–Kier alpha value is -4.24. The summed E-state index contributed by atoms with van der Waals surface area (Å²) in [5, 5.41) is 8.90. The molecule has 0 aliphatic rings. The molecule has 4 aromatic carbocycles. The predicted molar refractivity (Wildman–Crippen MR) is 180 cm³/mol. The summed E-state index contributed by atoms with van der Waals surface area (Å²) >= 11 is 13.8. The highest BCUT2D eigenvalue weighted by atomic mass is 35.5. The van der Waals surface area contributed by atoms with Crippen molar-refractivity contribution in [2.75, 3.05) is 17.2 Å². The van der Waals surface area contributed by atoms with Crippen molar-refractivity contribution in [1.82, 2.24) is 5.32 Å². The molecule has 0 radical (unpaired) electrons. The maximum Gasteiger partial charge on any atom is 0.272 e. The molecular formula is C34H31Cl2N3O4S. The predicted octanol–water partition coefficient (Wildman–Crippen LogP) is 8.31. The van der Waals surface area contributed by atoms with Crippen LogP contribution in [0.3, 0.4) is 0 Å². The number of thioether (sulfide) groups is 1. The van der Waals surface area contributed by atoms with Crippen LogP contribution in [0, 0.1) is 0 Å². The van der Waals surface area contributed by atoms with Gasteiger partial charge in [0.1, 0.15) is 11.4 Å². The van der Waals surface area contributed by atoms with E-state index in [1.807, 2.05) is 32.0 Å². The van der Waals surface area contributed by atoms with Crippen LogP contribution < -0.4 is 20.7 Å². The molecule has 0 aliphatic heterocycles. The lowest BCUT2D eigenvalue weighted by molar-refractivity contribution is -0.116. The van der Waals surface area contributed by atoms with Crippen molar-refractivity contribution in [3.63, 3.8) is 0 Å². The van der Waals surface area contributed by atoms with Crippen LogP contribution in [-0.2, 0) is 9.59 Å². The molecule has 1 atom stereocenters. The van der Waals surface area contributed by atoms with Gasteiger partial charge >= 0.3 is 0 Å². The van der Waals surface area contributed by atoms with Gasteiger partial charge in [0.15, 0.2) is 0 Å². The summed E-state index contributed by atoms with van der Waals surface area (Å²) in [5.41, 5.74) is 2.05. The van der Waals surface area contributed by atoms with E-state index in [-0.39, 0.29) is 16.9 Å². The fraction of sp³-hybridized carbons (Fsp3) is 0.147. The fourth-order valence-corrected chi connectivity index (χ4v) is 5.55. The van der Waals surface area contributed by atoms with E-state index in [1.54, 1.807) is 78.9 Å². The van der Waals surface area contributed by atoms with Gasteiger partial charge in [-0.3, -0.25) is 14.4 Å². The van der Waals surface area contributed by atoms with Crippen molar-refractivity contribution in [3.8, 4) is 5.75 Å². The molecule has 4 aromatic rings. The molecular weight excluding hydrogens is 617 g/mol. The molecule has 0 heterocycles. The number of carbonyl (C=O) groups excluding carboxylic acids is 3. The topological polar surface area (TPSA) is 96.5 Å². The zero-order chi connectivity index (χ0) is 31.5. The summed E-state index contributed by atoms with van der Waals surface area (Å²) in [7, 11) is 0. The van der Waals surface area contributed by atoms with Gasteiger partial charge in [-0.05, 0) is 91.7 Å². The van der Waals surface area contributed by atoms with Gasteiger partial charge in [-0.2, -0.15) is 0 Å². The minimum absolute atomic E-state index is 0.0118. The lowest BCUT2D eigenvalue weighted by Crippen LogP contribution is -2.30. The van der Waals surface area contributed by atoms with Crippen LogP contribution in [0.25, 0.3) is 6.08 Å². The van der Waals surface area contributed by atoms with Crippen molar-refractivity contribution >= 4 is 70.1 Å². The van der Waals surface area contributed by atoms with Gasteiger partial charge in [-0.15, -0.1) is 11.8 Å². The standard InChI is InChI=1S/C34H31Cl2N3O4S/c1-3-31(34(42)37-25-15-17-27(18-16-25)43-4-2)44-28-12-8-11-26(21-28)38-33(41)30(19-23-13-14-24(35)20-29(23)36)39-32(40)22-9-6-5-7-10-22/h5-21,31H,3-4H2,1-2H3,(H,37,42)(H,38,41)(H,39,40)/b30-19+. The number of hydrogen-bond donors (Lipinski definition) is 3. The number of benzene rings is 4. The van der Waals surface area contributed by atoms with E-state index in [9.17, 15) is 14.4 Å². The van der Waals surface area contributed by atoms with Crippen molar-refractivity contribution in [1.29, 1.82) is 0 Å². The van der Waals surface area contributed by atoms with Crippen LogP contribution >= 0.6 is 35.0 Å². The van der Waals surface area contributed by atoms with Gasteiger partial charge in [0, 0.05) is 31.9 Å². The molecule has 0 aromatic heterocycles. The first-order valence-electron chi connectivity index (χ1n) is 13.9. The quantitative estimate of drug-likeness (QED) is 0.106. The number of carbonyl (C=O) groups is 3. The average Bonchev–Trinajstić information content (AvgIpc) is 3.02. The fourth-order valence-electron chi connectivity index (χ4n) is 4.07. The molecule has 0 bridgehead atoms. The van der Waals surface area contributed by atoms with Crippen LogP contribution in [-0.4, -0.2) is 29.6 Å². The second-order valence-corrected chi connectivity index (χ2v) is 11.6. The van der Waals surface area contributed by atoms with E-state index in [0.29, 0.717) is 45.6 Å². The molecule has 3 N–H and O–H groups in total. The third kappa shape index (κ3) is 9.38. The number of nitrogens with one attached hydrogen (secondary N) is 3. The molecule has 4 rings (SSSR count). The highest BCUT2D eigenvalue weighted by molar-refractivity contribution is 8.00. The second kappa shape index (κ2) is 16.0. The lowest BCUT2D eigenvalue weighted by Gasteiger charge is -2.16. The minimum atomic E-state index is -0.553. The van der Waals surface area contributed by atoms with E-state index >= 15 is 0 Å². The highest BCUT2D eigenvalue weighted by Crippen LogP contribution is 2.29. The Morgan fingerprint density at radius 3 is 2.27 bits per heavy atom. The summed E-state index contributed by atoms with van der Waals surface area (Å²) in [5.74, 6) is -0.405. The van der Waals surface area contributed by atoms with Crippen LogP contribution in [0.15, 0.2) is 108 Å². The summed E-state index contributed by atoms with van der Waals surface area (Å²) in [6.45, 7) is 4.42. The number of amides is 3. The normalized spacial score (nSPS) is 11.8. The monoisotopic (exact) mass is 647 g/mol. The van der Waals surface area contributed by atoms with Gasteiger partial charge < -0.3 is 20.7 Å². The van der Waals surface area contributed by atoms with Crippen LogP contribution in [0.1, 0.15) is 36.2 Å². The van der Waals surface area contributed by atoms with E-state index in [1.165, 1.54) is 17.8 Å². The van der Waals surface area contributed by atoms with Gasteiger partial charge in [-0.1, -0.05) is 60.5 Å². The molecule has 0 aliphatic carbocycles. The number of halogens is 2. The first kappa shape index (κ1) is 32.7. The van der Waals surface area contributed by atoms with E-state index in [0.717, 1.165) is 10.6 Å². The maximum absolute atomic E-state index is 13.5. The molecule has 3 amide bonds. The minimum Gasteiger partial charge on any atom is -0.494 e. The smallest absolute Gasteiger partial charge is 0.272 e. The zero-order valence-electron chi connectivity index (χ0n) is 24.1. The molecule has 0 spiro atoms. The molecule has 44 heavy (non-hydrogen) atoms. The van der Waals surface area contributed by atoms with Gasteiger partial charge in [0.25, 0.3) is 11.8 Å². The Morgan fingerprint density at radius 2 is 1.59 bits per heavy atom. The maximum atomic E-state index is 13.5. The summed E-state index contributed by atoms with van der Waals surface area (Å²) in [4.78, 5) is 40.3. The van der Waals surface area contributed by atoms with Crippen molar-refractivity contribution < 1.29 is 19.1 Å². The third-order valence-electron chi connectivity index (χ3n) is 6.26. The molecule has 7 nitrogen and oxygen atoms in total. The van der Waals surface area contributed by atoms with E-state index in [2.05, 4.69) is 16.0 Å². The molecule has 0 saturated carbocycles. The van der Waals surface area contributed by atoms with Crippen LogP contribution in [0.4, 0.5) is 11.4 Å². The Bertz CT molecular complexity index is 1650. The summed E-state index contributed by atoms with van der Waals surface area (Å²) in [6, 6.07) is 27.8. The Kier molecular flexibility index (Phi) is 11.9. The number of rotatable bonds is 12. The Morgan fingerprint density at radius 1 is 0.841 bits per heavy atom. The second-order valence-electron chi connectivity index (χ2n) is 9.49. The number of anilines is 2. The largest absolute Gasteiger partial charge is 0.494 e. The number of hydrogen-bond acceptors (Lipinski definition) is 5. The van der Waals surface area contributed by atoms with E-state index < -0.39 is 11.8 Å². The lowest BCUT2D eigenvalue weighted by atomic mass is 10.1. The number of ether oxygens (including phenoxy) is 1. The summed E-state index contributed by atoms with van der Waals surface area (Å²) in [6.07, 6.45) is 2.08. The zero-order valence-corrected chi connectivity index (χ0v) is 26.4. The SMILES string of the molecule is CCOc1ccc(NC(=O)C(CC)Sc2cccc(NC(=O)/C(=C\c3ccc(Cl)cc3Cl)NC(=O)c3ccccc3)c2)cc1. The van der Waals surface area contributed by atoms with Crippen molar-refractivity contribution in [3.05, 3.63) is 124 Å². The first-order valence-corrected chi connectivity index (χ1v) is 15.5. The molecule has 226 valence electrons. The van der Waals surface area contributed by atoms with Gasteiger partial charge in [-0.25, -0.2) is 0 Å². The van der Waals surface area contributed by atoms with Gasteiger partial charge in [0.2, 0.25) is 5.91 Å². The average molecular weight is 649 g/mol. The van der Waals surface area contributed by atoms with Crippen molar-refractivity contribution in [2.45, 2.75) is 30.4 Å². The Balaban J connectivity index is 1.49. The molecule has 1 unspecified atom stereocenters. The molecule has 0 fully saturated rings. The van der Waals surface area contributed by atoms with Crippen molar-refractivity contribution in [2.24, 2.45) is 0 Å². The molecule has 10 heteroatoms. The molecule has 0 saturated heterocycles. The van der Waals surface area contributed by atoms with Crippen LogP contribution in [0.5, 0.6) is 5.75 Å². The Labute approximate surface area is 271 Å².